The van der Waals surface area contributed by atoms with Crippen LogP contribution in [0, 0.1) is 0 Å². The number of methoxy groups -OCH3 is 1. The topological polar surface area (TPSA) is 38.5 Å². The van der Waals surface area contributed by atoms with Gasteiger partial charge in [-0.2, -0.15) is 0 Å². The van der Waals surface area contributed by atoms with Crippen molar-refractivity contribution in [2.24, 2.45) is 5.73 Å². The first-order valence-electron chi connectivity index (χ1n) is 3.25. The highest BCUT2D eigenvalue weighted by atomic mass is 32.1. The van der Waals surface area contributed by atoms with E-state index in [1.807, 2.05) is 11.8 Å². The molecule has 0 aromatic carbocycles. The minimum Gasteiger partial charge on any atom is -0.383 e. The summed E-state index contributed by atoms with van der Waals surface area (Å²) in [5.74, 6) is 0. The van der Waals surface area contributed by atoms with Crippen LogP contribution in [0.15, 0.2) is 0 Å². The number of nitrogens with two attached hydrogens (primary N) is 1. The van der Waals surface area contributed by atoms with E-state index in [1.165, 1.54) is 0 Å². The molecule has 0 unspecified atom stereocenters. The zero-order valence-electron chi connectivity index (χ0n) is 6.46. The molecule has 0 bridgehead atoms. The Morgan fingerprint density at radius 3 is 2.60 bits per heavy atom. The van der Waals surface area contributed by atoms with Gasteiger partial charge in [0.25, 0.3) is 0 Å². The van der Waals surface area contributed by atoms with Crippen molar-refractivity contribution in [2.75, 3.05) is 26.8 Å². The van der Waals surface area contributed by atoms with E-state index in [1.54, 1.807) is 7.11 Å². The largest absolute Gasteiger partial charge is 0.383 e. The van der Waals surface area contributed by atoms with Crippen LogP contribution in [0.1, 0.15) is 6.92 Å². The second-order valence-electron chi connectivity index (χ2n) is 1.91. The van der Waals surface area contributed by atoms with Gasteiger partial charge in [0.1, 0.15) is 0 Å². The van der Waals surface area contributed by atoms with E-state index in [9.17, 15) is 0 Å². The van der Waals surface area contributed by atoms with Crippen molar-refractivity contribution in [2.45, 2.75) is 6.92 Å². The number of likely N-dealkylation sites (N-methyl/N-ethyl adjacent to an activating group) is 1. The lowest BCUT2D eigenvalue weighted by Crippen LogP contribution is -2.37. The van der Waals surface area contributed by atoms with Gasteiger partial charge in [0.05, 0.1) is 6.61 Å². The first kappa shape index (κ1) is 9.65. The maximum Gasteiger partial charge on any atom is 0.166 e. The van der Waals surface area contributed by atoms with Gasteiger partial charge in [0.2, 0.25) is 0 Å². The summed E-state index contributed by atoms with van der Waals surface area (Å²) in [5.41, 5.74) is 5.39. The quantitative estimate of drug-likeness (QED) is 0.599. The molecule has 0 aliphatic heterocycles. The summed E-state index contributed by atoms with van der Waals surface area (Å²) in [7, 11) is 1.66. The fraction of sp³-hybridized carbons (Fsp3) is 0.833. The lowest BCUT2D eigenvalue weighted by Gasteiger charge is -2.19. The van der Waals surface area contributed by atoms with Crippen LogP contribution in [0.25, 0.3) is 0 Å². The van der Waals surface area contributed by atoms with Gasteiger partial charge in [-0.15, -0.1) is 0 Å². The Morgan fingerprint density at radius 1 is 1.70 bits per heavy atom. The van der Waals surface area contributed by atoms with Crippen LogP contribution < -0.4 is 5.73 Å². The molecule has 0 amide bonds. The van der Waals surface area contributed by atoms with Crippen molar-refractivity contribution >= 4 is 17.3 Å². The first-order valence-corrected chi connectivity index (χ1v) is 3.66. The maximum absolute atomic E-state index is 5.39. The second kappa shape index (κ2) is 5.44. The number of ether oxygens (including phenoxy) is 1. The van der Waals surface area contributed by atoms with Gasteiger partial charge in [-0.05, 0) is 19.1 Å². The van der Waals surface area contributed by atoms with Crippen LogP contribution in [-0.2, 0) is 4.74 Å². The molecule has 0 spiro atoms. The van der Waals surface area contributed by atoms with Gasteiger partial charge in [0, 0.05) is 20.2 Å². The highest BCUT2D eigenvalue weighted by Gasteiger charge is 2.00. The molecular formula is C6H14N2OS. The SMILES string of the molecule is CCN(CCOC)C(N)=S. The summed E-state index contributed by atoms with van der Waals surface area (Å²) in [5, 5.41) is 0.444. The van der Waals surface area contributed by atoms with Crippen molar-refractivity contribution in [1.29, 1.82) is 0 Å². The molecule has 0 aliphatic carbocycles. The summed E-state index contributed by atoms with van der Waals surface area (Å²) in [6.45, 7) is 4.31. The van der Waals surface area contributed by atoms with Crippen LogP contribution in [0.5, 0.6) is 0 Å². The van der Waals surface area contributed by atoms with Crippen LogP contribution in [0.3, 0.4) is 0 Å². The van der Waals surface area contributed by atoms with Crippen molar-refractivity contribution in [3.8, 4) is 0 Å². The van der Waals surface area contributed by atoms with Gasteiger partial charge in [-0.3, -0.25) is 0 Å². The number of thiocarbonyl (C=S) groups is 1. The Kier molecular flexibility index (Phi) is 5.25. The summed E-state index contributed by atoms with van der Waals surface area (Å²) >= 11 is 4.78. The molecule has 0 fully saturated rings. The first-order chi connectivity index (χ1) is 4.72. The smallest absolute Gasteiger partial charge is 0.166 e. The molecule has 0 heterocycles. The Bertz CT molecular complexity index is 108. The minimum atomic E-state index is 0.444. The summed E-state index contributed by atoms with van der Waals surface area (Å²) in [4.78, 5) is 1.89. The maximum atomic E-state index is 5.39. The Labute approximate surface area is 67.1 Å². The van der Waals surface area contributed by atoms with Crippen molar-refractivity contribution < 1.29 is 4.74 Å². The molecule has 0 saturated carbocycles. The van der Waals surface area contributed by atoms with Crippen molar-refractivity contribution in [1.82, 2.24) is 4.90 Å². The van der Waals surface area contributed by atoms with Crippen molar-refractivity contribution in [3.63, 3.8) is 0 Å². The molecule has 0 radical (unpaired) electrons. The van der Waals surface area contributed by atoms with Gasteiger partial charge in [-0.1, -0.05) is 0 Å². The van der Waals surface area contributed by atoms with E-state index < -0.39 is 0 Å². The Morgan fingerprint density at radius 2 is 2.30 bits per heavy atom. The summed E-state index contributed by atoms with van der Waals surface area (Å²) in [6.07, 6.45) is 0. The van der Waals surface area contributed by atoms with Crippen LogP contribution in [0.2, 0.25) is 0 Å². The molecular weight excluding hydrogens is 148 g/mol. The second-order valence-corrected chi connectivity index (χ2v) is 2.33. The third-order valence-electron chi connectivity index (χ3n) is 1.26. The molecule has 0 atom stereocenters. The standard InChI is InChI=1S/C6H14N2OS/c1-3-8(6(7)10)4-5-9-2/h3-5H2,1-2H3,(H2,7,10). The average Bonchev–Trinajstić information content (AvgIpc) is 1.89. The monoisotopic (exact) mass is 162 g/mol. The van der Waals surface area contributed by atoms with E-state index in [4.69, 9.17) is 22.7 Å². The van der Waals surface area contributed by atoms with Gasteiger partial charge >= 0.3 is 0 Å². The van der Waals surface area contributed by atoms with Gasteiger partial charge in [0.15, 0.2) is 5.11 Å². The van der Waals surface area contributed by atoms with E-state index in [0.29, 0.717) is 11.7 Å². The van der Waals surface area contributed by atoms with E-state index in [0.717, 1.165) is 13.1 Å². The zero-order chi connectivity index (χ0) is 7.98. The molecule has 0 aromatic heterocycles. The van der Waals surface area contributed by atoms with Gasteiger partial charge in [-0.25, -0.2) is 0 Å². The molecule has 0 rings (SSSR count). The fourth-order valence-electron chi connectivity index (χ4n) is 0.626. The lowest BCUT2D eigenvalue weighted by atomic mass is 10.5. The number of hydrogen-bond donors (Lipinski definition) is 1. The fourth-order valence-corrected chi connectivity index (χ4v) is 0.846. The van der Waals surface area contributed by atoms with Crippen LogP contribution in [-0.4, -0.2) is 36.8 Å². The number of rotatable bonds is 4. The number of nitrogens with zero attached hydrogens (tertiary/aromatic N) is 1. The normalized spacial score (nSPS) is 9.40. The van der Waals surface area contributed by atoms with Crippen molar-refractivity contribution in [3.05, 3.63) is 0 Å². The predicted molar refractivity (Wildman–Crippen MR) is 45.9 cm³/mol. The summed E-state index contributed by atoms with van der Waals surface area (Å²) < 4.78 is 4.87. The van der Waals surface area contributed by atoms with E-state index in [-0.39, 0.29) is 0 Å². The molecule has 0 saturated heterocycles. The van der Waals surface area contributed by atoms with Crippen LogP contribution >= 0.6 is 12.2 Å². The molecule has 0 aromatic rings. The molecule has 2 N–H and O–H groups in total. The predicted octanol–water partition coefficient (Wildman–Crippen LogP) is 0.198. The number of hydrogen-bond acceptors (Lipinski definition) is 2. The molecule has 4 heteroatoms. The molecule has 0 aliphatic rings. The molecule has 3 nitrogen and oxygen atoms in total. The third kappa shape index (κ3) is 3.63. The third-order valence-corrected chi connectivity index (χ3v) is 1.52. The minimum absolute atomic E-state index is 0.444. The average molecular weight is 162 g/mol. The molecule has 10 heavy (non-hydrogen) atoms. The Hall–Kier alpha value is -0.350. The van der Waals surface area contributed by atoms with E-state index >= 15 is 0 Å². The van der Waals surface area contributed by atoms with Crippen LogP contribution in [0.4, 0.5) is 0 Å². The summed E-state index contributed by atoms with van der Waals surface area (Å²) in [6, 6.07) is 0. The van der Waals surface area contributed by atoms with E-state index in [2.05, 4.69) is 0 Å². The highest BCUT2D eigenvalue weighted by molar-refractivity contribution is 7.80. The highest BCUT2D eigenvalue weighted by Crippen LogP contribution is 1.86. The molecule has 60 valence electrons. The Balaban J connectivity index is 3.50. The lowest BCUT2D eigenvalue weighted by molar-refractivity contribution is 0.178. The van der Waals surface area contributed by atoms with Gasteiger partial charge < -0.3 is 15.4 Å². The zero-order valence-corrected chi connectivity index (χ0v) is 7.28.